The molecule has 5 fully saturated rings. The average molecular weight is 350 g/mol. The van der Waals surface area contributed by atoms with Crippen molar-refractivity contribution in [2.24, 2.45) is 46.8 Å². The first-order chi connectivity index (χ1) is 11.9. The van der Waals surface area contributed by atoms with E-state index in [1.165, 1.54) is 0 Å². The van der Waals surface area contributed by atoms with Crippen LogP contribution in [0.1, 0.15) is 58.3 Å². The Morgan fingerprint density at radius 2 is 1.68 bits per heavy atom. The molecule has 0 aliphatic heterocycles. The van der Waals surface area contributed by atoms with Crippen molar-refractivity contribution in [2.45, 2.75) is 70.1 Å². The van der Waals surface area contributed by atoms with Crippen molar-refractivity contribution in [3.63, 3.8) is 0 Å². The summed E-state index contributed by atoms with van der Waals surface area (Å²) in [6.45, 7) is 1.98. The van der Waals surface area contributed by atoms with E-state index < -0.39 is 11.8 Å². The molecule has 5 aliphatic rings. The Bertz CT molecular complexity index is 594. The molecular weight excluding hydrogens is 319 g/mol. The highest BCUT2D eigenvalue weighted by molar-refractivity contribution is 5.83. The Morgan fingerprint density at radius 1 is 1.00 bits per heavy atom. The Morgan fingerprint density at radius 3 is 2.44 bits per heavy atom. The number of hydrogen-bond donors (Lipinski definition) is 2. The summed E-state index contributed by atoms with van der Waals surface area (Å²) >= 11 is 0. The second-order valence-electron chi connectivity index (χ2n) is 10.1. The van der Waals surface area contributed by atoms with Gasteiger partial charge < -0.3 is 10.2 Å². The van der Waals surface area contributed by atoms with Gasteiger partial charge in [-0.15, -0.1) is 0 Å². The predicted molar refractivity (Wildman–Crippen MR) is 91.4 cm³/mol. The van der Waals surface area contributed by atoms with Crippen LogP contribution in [0.5, 0.6) is 0 Å². The second kappa shape index (κ2) is 5.28. The first-order valence-electron chi connectivity index (χ1n) is 10.4. The summed E-state index contributed by atoms with van der Waals surface area (Å²) in [4.78, 5) is 12.3. The van der Waals surface area contributed by atoms with Gasteiger partial charge in [0, 0.05) is 11.8 Å². The van der Waals surface area contributed by atoms with Crippen LogP contribution >= 0.6 is 0 Å². The van der Waals surface area contributed by atoms with Crippen LogP contribution in [0.2, 0.25) is 0 Å². The van der Waals surface area contributed by atoms with E-state index in [1.54, 1.807) is 0 Å². The third-order valence-corrected chi connectivity index (χ3v) is 9.57. The number of fused-ring (bicyclic) bond motifs is 7. The Hall–Kier alpha value is -0.480. The summed E-state index contributed by atoms with van der Waals surface area (Å²) in [5, 5.41) is 19.8. The minimum absolute atomic E-state index is 0.0382. The number of carbonyl (C=O) groups excluding carboxylic acids is 1. The van der Waals surface area contributed by atoms with Gasteiger partial charge in [0.05, 0.1) is 0 Å². The van der Waals surface area contributed by atoms with Gasteiger partial charge in [-0.1, -0.05) is 6.92 Å². The number of alkyl halides is 1. The normalized spacial score (nSPS) is 59.4. The molecule has 0 spiro atoms. The quantitative estimate of drug-likeness (QED) is 0.804. The van der Waals surface area contributed by atoms with Crippen LogP contribution in [0, 0.1) is 46.8 Å². The molecule has 0 heterocycles. The second-order valence-corrected chi connectivity index (χ2v) is 10.1. The van der Waals surface area contributed by atoms with E-state index in [2.05, 4.69) is 6.92 Å². The molecule has 5 aliphatic carbocycles. The molecule has 2 N–H and O–H groups in total. The van der Waals surface area contributed by atoms with Gasteiger partial charge in [0.25, 0.3) is 0 Å². The maximum Gasteiger partial charge on any atom is 0.161 e. The standard InChI is InChI=1S/C21H31FO3/c1-20-8-6-11-12-7-9-21(25)18(19(21)22)14(12)3-2-13(11)15(20)4-5-16(20)17(24)10-23/h11-16,18-19,23,25H,2-10H2,1H3/t11-,12-,13-,14+,15+,16-,18?,19?,20+,21-/m1/s1. The van der Waals surface area contributed by atoms with Gasteiger partial charge in [0.2, 0.25) is 0 Å². The maximum atomic E-state index is 14.2. The van der Waals surface area contributed by atoms with Crippen molar-refractivity contribution >= 4 is 5.78 Å². The predicted octanol–water partition coefficient (Wildman–Crippen LogP) is 3.13. The van der Waals surface area contributed by atoms with Gasteiger partial charge in [-0.25, -0.2) is 4.39 Å². The van der Waals surface area contributed by atoms with Gasteiger partial charge in [-0.05, 0) is 86.4 Å². The van der Waals surface area contributed by atoms with E-state index in [0.29, 0.717) is 36.0 Å². The van der Waals surface area contributed by atoms with Crippen LogP contribution in [-0.2, 0) is 4.79 Å². The first kappa shape index (κ1) is 16.7. The molecule has 0 bridgehead atoms. The zero-order valence-corrected chi connectivity index (χ0v) is 15.2. The number of hydrogen-bond acceptors (Lipinski definition) is 3. The lowest BCUT2D eigenvalue weighted by molar-refractivity contribution is -0.133. The van der Waals surface area contributed by atoms with E-state index in [-0.39, 0.29) is 29.6 Å². The average Bonchev–Trinajstić information content (AvgIpc) is 2.98. The summed E-state index contributed by atoms with van der Waals surface area (Å²) < 4.78 is 14.2. The molecule has 4 heteroatoms. The van der Waals surface area contributed by atoms with Crippen molar-refractivity contribution in [3.8, 4) is 0 Å². The molecule has 0 saturated heterocycles. The lowest BCUT2D eigenvalue weighted by Gasteiger charge is -2.55. The van der Waals surface area contributed by atoms with Gasteiger partial charge in [0.15, 0.2) is 5.78 Å². The van der Waals surface area contributed by atoms with Crippen molar-refractivity contribution in [2.75, 3.05) is 6.61 Å². The lowest BCUT2D eigenvalue weighted by atomic mass is 9.49. The Kier molecular flexibility index (Phi) is 3.52. The fraction of sp³-hybridized carbons (Fsp3) is 0.952. The van der Waals surface area contributed by atoms with Crippen molar-refractivity contribution in [3.05, 3.63) is 0 Å². The van der Waals surface area contributed by atoms with E-state index in [4.69, 9.17) is 0 Å². The first-order valence-corrected chi connectivity index (χ1v) is 10.4. The molecule has 10 atom stereocenters. The van der Waals surface area contributed by atoms with E-state index in [9.17, 15) is 19.4 Å². The fourth-order valence-corrected chi connectivity index (χ4v) is 8.39. The van der Waals surface area contributed by atoms with Crippen LogP contribution in [0.25, 0.3) is 0 Å². The van der Waals surface area contributed by atoms with Crippen LogP contribution in [0.4, 0.5) is 4.39 Å². The minimum atomic E-state index is -0.983. The van der Waals surface area contributed by atoms with E-state index in [1.807, 2.05) is 0 Å². The zero-order valence-electron chi connectivity index (χ0n) is 15.2. The molecule has 25 heavy (non-hydrogen) atoms. The number of aliphatic hydroxyl groups excluding tert-OH is 1. The number of rotatable bonds is 2. The largest absolute Gasteiger partial charge is 0.389 e. The monoisotopic (exact) mass is 350 g/mol. The molecule has 0 aromatic heterocycles. The minimum Gasteiger partial charge on any atom is -0.389 e. The van der Waals surface area contributed by atoms with Gasteiger partial charge in [0.1, 0.15) is 18.4 Å². The summed E-state index contributed by atoms with van der Waals surface area (Å²) in [6.07, 6.45) is 7.14. The highest BCUT2D eigenvalue weighted by Gasteiger charge is 2.72. The number of aliphatic hydroxyl groups is 2. The van der Waals surface area contributed by atoms with Crippen molar-refractivity contribution < 1.29 is 19.4 Å². The number of halogens is 1. The smallest absolute Gasteiger partial charge is 0.161 e. The molecule has 2 unspecified atom stereocenters. The summed E-state index contributed by atoms with van der Waals surface area (Å²) in [5.41, 5.74) is -0.922. The molecule has 0 radical (unpaired) electrons. The molecule has 5 rings (SSSR count). The van der Waals surface area contributed by atoms with E-state index in [0.717, 1.165) is 44.9 Å². The maximum absolute atomic E-state index is 14.2. The summed E-state index contributed by atoms with van der Waals surface area (Å²) in [5.74, 6) is 2.88. The van der Waals surface area contributed by atoms with Crippen molar-refractivity contribution in [1.82, 2.24) is 0 Å². The third kappa shape index (κ3) is 2.02. The van der Waals surface area contributed by atoms with Crippen molar-refractivity contribution in [1.29, 1.82) is 0 Å². The molecule has 5 saturated carbocycles. The van der Waals surface area contributed by atoms with Crippen LogP contribution in [0.15, 0.2) is 0 Å². The molecule has 0 aromatic carbocycles. The molecular formula is C21H31FO3. The highest BCUT2D eigenvalue weighted by Crippen LogP contribution is 2.69. The molecule has 0 aromatic rings. The third-order valence-electron chi connectivity index (χ3n) is 9.57. The summed E-state index contributed by atoms with van der Waals surface area (Å²) in [6, 6.07) is 0. The highest BCUT2D eigenvalue weighted by atomic mass is 19.1. The van der Waals surface area contributed by atoms with Gasteiger partial charge in [-0.2, -0.15) is 0 Å². The fourth-order valence-electron chi connectivity index (χ4n) is 8.39. The van der Waals surface area contributed by atoms with Gasteiger partial charge >= 0.3 is 0 Å². The van der Waals surface area contributed by atoms with Crippen LogP contribution in [0.3, 0.4) is 0 Å². The Balaban J connectivity index is 1.39. The lowest BCUT2D eigenvalue weighted by Crippen LogP contribution is -2.50. The van der Waals surface area contributed by atoms with Crippen LogP contribution < -0.4 is 0 Å². The number of carbonyl (C=O) groups is 1. The number of Topliss-reactive ketones (excluding diaryl/α,β-unsaturated/α-hetero) is 1. The van der Waals surface area contributed by atoms with E-state index >= 15 is 0 Å². The summed E-state index contributed by atoms with van der Waals surface area (Å²) in [7, 11) is 0. The molecule has 3 nitrogen and oxygen atoms in total. The zero-order chi connectivity index (χ0) is 17.6. The topological polar surface area (TPSA) is 57.5 Å². The van der Waals surface area contributed by atoms with Crippen LogP contribution in [-0.4, -0.2) is 34.4 Å². The SMILES string of the molecule is C[C@]12CC[C@@H]3[C@H]4CC[C@]5(O)C(F)C5[C@H]4CC[C@H]3[C@@H]1CC[C@@H]2C(=O)CO. The molecule has 140 valence electrons. The number of ketones is 1. The van der Waals surface area contributed by atoms with Gasteiger partial charge in [-0.3, -0.25) is 4.79 Å². The Labute approximate surface area is 149 Å². The molecule has 0 amide bonds.